The van der Waals surface area contributed by atoms with Crippen molar-refractivity contribution < 1.29 is 14.3 Å². The quantitative estimate of drug-likeness (QED) is 0.603. The second-order valence-corrected chi connectivity index (χ2v) is 9.41. The zero-order valence-electron chi connectivity index (χ0n) is 20.6. The maximum Gasteiger partial charge on any atom is 0.345 e. The number of nitrogens with one attached hydrogen (secondary N) is 1. The standard InChI is InChI=1S/C25H37N5O4/c1-28-25(32)30(20-6-4-5-7-20)24(27-28)19-11-14-29(15-12-19)17-23(31)26-13-10-18-8-9-21(33-2)22(16-18)34-3/h8-9,16,19-20H,4-7,10-15,17H2,1-3H3,(H,26,31). The number of carbonyl (C=O) groups excluding carboxylic acids is 1. The molecule has 1 aliphatic carbocycles. The molecule has 2 aliphatic rings. The van der Waals surface area contributed by atoms with Crippen molar-refractivity contribution >= 4 is 5.91 Å². The summed E-state index contributed by atoms with van der Waals surface area (Å²) >= 11 is 0. The molecule has 186 valence electrons. The molecule has 0 unspecified atom stereocenters. The number of piperidine rings is 1. The van der Waals surface area contributed by atoms with Gasteiger partial charge in [0.25, 0.3) is 0 Å². The van der Waals surface area contributed by atoms with Gasteiger partial charge in [0.15, 0.2) is 11.5 Å². The van der Waals surface area contributed by atoms with E-state index in [0.717, 1.165) is 56.6 Å². The van der Waals surface area contributed by atoms with Crippen molar-refractivity contribution in [2.75, 3.05) is 40.4 Å². The number of aromatic nitrogens is 3. The van der Waals surface area contributed by atoms with E-state index in [0.29, 0.717) is 30.6 Å². The van der Waals surface area contributed by atoms with Crippen LogP contribution in [0.4, 0.5) is 0 Å². The van der Waals surface area contributed by atoms with Crippen molar-refractivity contribution in [2.24, 2.45) is 7.05 Å². The van der Waals surface area contributed by atoms with E-state index in [1.807, 2.05) is 22.8 Å². The fourth-order valence-electron chi connectivity index (χ4n) is 5.27. The summed E-state index contributed by atoms with van der Waals surface area (Å²) in [4.78, 5) is 27.4. The van der Waals surface area contributed by atoms with Crippen LogP contribution in [0.25, 0.3) is 0 Å². The molecule has 2 fully saturated rings. The summed E-state index contributed by atoms with van der Waals surface area (Å²) < 4.78 is 14.1. The number of rotatable bonds is 9. The minimum atomic E-state index is 0.0122. The normalized spacial score (nSPS) is 17.7. The van der Waals surface area contributed by atoms with Crippen molar-refractivity contribution in [3.63, 3.8) is 0 Å². The first-order chi connectivity index (χ1) is 16.5. The molecule has 4 rings (SSSR count). The average Bonchev–Trinajstić information content (AvgIpc) is 3.47. The van der Waals surface area contributed by atoms with Crippen LogP contribution in [0.15, 0.2) is 23.0 Å². The Bertz CT molecular complexity index is 1030. The lowest BCUT2D eigenvalue weighted by molar-refractivity contribution is -0.122. The summed E-state index contributed by atoms with van der Waals surface area (Å²) in [5.74, 6) is 2.65. The van der Waals surface area contributed by atoms with Crippen LogP contribution in [-0.2, 0) is 18.3 Å². The van der Waals surface area contributed by atoms with E-state index in [4.69, 9.17) is 9.47 Å². The monoisotopic (exact) mass is 471 g/mol. The van der Waals surface area contributed by atoms with Crippen LogP contribution in [0.3, 0.4) is 0 Å². The SMILES string of the molecule is COc1ccc(CCNC(=O)CN2CCC(c3nn(C)c(=O)n3C3CCCC3)CC2)cc1OC. The van der Waals surface area contributed by atoms with Crippen LogP contribution < -0.4 is 20.5 Å². The van der Waals surface area contributed by atoms with Gasteiger partial charge in [0.05, 0.1) is 20.8 Å². The summed E-state index contributed by atoms with van der Waals surface area (Å²) in [6.45, 7) is 2.65. The molecule has 9 heteroatoms. The number of hydrogen-bond donors (Lipinski definition) is 1. The summed E-state index contributed by atoms with van der Waals surface area (Å²) in [7, 11) is 4.98. The first-order valence-corrected chi connectivity index (χ1v) is 12.4. The Morgan fingerprint density at radius 2 is 1.79 bits per heavy atom. The molecule has 1 aromatic carbocycles. The summed E-state index contributed by atoms with van der Waals surface area (Å²) in [6.07, 6.45) is 7.08. The lowest BCUT2D eigenvalue weighted by Gasteiger charge is -2.31. The van der Waals surface area contributed by atoms with Crippen LogP contribution in [0, 0.1) is 0 Å². The molecule has 2 aromatic rings. The molecule has 0 radical (unpaired) electrons. The van der Waals surface area contributed by atoms with Gasteiger partial charge in [-0.1, -0.05) is 18.9 Å². The first-order valence-electron chi connectivity index (χ1n) is 12.4. The third-order valence-electron chi connectivity index (χ3n) is 7.18. The summed E-state index contributed by atoms with van der Waals surface area (Å²) in [5, 5.41) is 7.64. The van der Waals surface area contributed by atoms with Gasteiger partial charge in [0.1, 0.15) is 5.82 Å². The van der Waals surface area contributed by atoms with Gasteiger partial charge in [0, 0.05) is 25.6 Å². The van der Waals surface area contributed by atoms with Crippen LogP contribution in [-0.4, -0.2) is 65.6 Å². The molecule has 0 atom stereocenters. The Morgan fingerprint density at radius 3 is 2.47 bits per heavy atom. The van der Waals surface area contributed by atoms with Gasteiger partial charge in [-0.3, -0.25) is 14.3 Å². The van der Waals surface area contributed by atoms with Gasteiger partial charge in [-0.05, 0) is 62.9 Å². The van der Waals surface area contributed by atoms with Crippen LogP contribution in [0.2, 0.25) is 0 Å². The third-order valence-corrected chi connectivity index (χ3v) is 7.18. The molecule has 1 aliphatic heterocycles. The lowest BCUT2D eigenvalue weighted by Crippen LogP contribution is -2.42. The first kappa shape index (κ1) is 24.3. The highest BCUT2D eigenvalue weighted by molar-refractivity contribution is 5.78. The Labute approximate surface area is 201 Å². The zero-order chi connectivity index (χ0) is 24.1. The Hall–Kier alpha value is -2.81. The smallest absolute Gasteiger partial charge is 0.345 e. The molecule has 1 N–H and O–H groups in total. The van der Waals surface area contributed by atoms with Gasteiger partial charge >= 0.3 is 5.69 Å². The summed E-state index contributed by atoms with van der Waals surface area (Å²) in [5.41, 5.74) is 1.10. The molecule has 34 heavy (non-hydrogen) atoms. The molecule has 1 amide bonds. The largest absolute Gasteiger partial charge is 0.493 e. The predicted molar refractivity (Wildman–Crippen MR) is 130 cm³/mol. The fraction of sp³-hybridized carbons (Fsp3) is 0.640. The van der Waals surface area contributed by atoms with Gasteiger partial charge in [-0.2, -0.15) is 5.10 Å². The molecule has 0 spiro atoms. The van der Waals surface area contributed by atoms with Crippen molar-refractivity contribution in [1.29, 1.82) is 0 Å². The Balaban J connectivity index is 1.24. The molecule has 2 heterocycles. The minimum absolute atomic E-state index is 0.0122. The number of likely N-dealkylation sites (tertiary alicyclic amines) is 1. The van der Waals surface area contributed by atoms with Gasteiger partial charge in [-0.25, -0.2) is 9.48 Å². The number of benzene rings is 1. The molecule has 0 bridgehead atoms. The van der Waals surface area contributed by atoms with E-state index in [1.54, 1.807) is 21.3 Å². The van der Waals surface area contributed by atoms with Crippen LogP contribution in [0.1, 0.15) is 61.9 Å². The zero-order valence-corrected chi connectivity index (χ0v) is 20.6. The van der Waals surface area contributed by atoms with E-state index in [2.05, 4.69) is 15.3 Å². The molecular formula is C25H37N5O4. The molecule has 1 saturated heterocycles. The van der Waals surface area contributed by atoms with E-state index in [9.17, 15) is 9.59 Å². The van der Waals surface area contributed by atoms with Gasteiger partial charge in [-0.15, -0.1) is 0 Å². The number of nitrogens with zero attached hydrogens (tertiary/aromatic N) is 4. The van der Waals surface area contributed by atoms with E-state index in [-0.39, 0.29) is 17.5 Å². The second-order valence-electron chi connectivity index (χ2n) is 9.41. The highest BCUT2D eigenvalue weighted by atomic mass is 16.5. The minimum Gasteiger partial charge on any atom is -0.493 e. The maximum absolute atomic E-state index is 12.7. The second kappa shape index (κ2) is 11.1. The number of aryl methyl sites for hydroxylation is 1. The number of amides is 1. The fourth-order valence-corrected chi connectivity index (χ4v) is 5.27. The Kier molecular flexibility index (Phi) is 7.92. The van der Waals surface area contributed by atoms with Crippen molar-refractivity contribution in [3.05, 3.63) is 40.1 Å². The number of hydrogen-bond acceptors (Lipinski definition) is 6. The molecule has 9 nitrogen and oxygen atoms in total. The average molecular weight is 472 g/mol. The van der Waals surface area contributed by atoms with Gasteiger partial charge in [0.2, 0.25) is 5.91 Å². The topological polar surface area (TPSA) is 90.6 Å². The lowest BCUT2D eigenvalue weighted by atomic mass is 9.95. The van der Waals surface area contributed by atoms with Crippen molar-refractivity contribution in [2.45, 2.75) is 56.9 Å². The molecule has 1 aromatic heterocycles. The molecular weight excluding hydrogens is 434 g/mol. The highest BCUT2D eigenvalue weighted by Gasteiger charge is 2.30. The highest BCUT2D eigenvalue weighted by Crippen LogP contribution is 2.33. The molecule has 1 saturated carbocycles. The third kappa shape index (κ3) is 5.46. The van der Waals surface area contributed by atoms with Gasteiger partial charge < -0.3 is 14.8 Å². The number of ether oxygens (including phenoxy) is 2. The van der Waals surface area contributed by atoms with Crippen molar-refractivity contribution in [3.8, 4) is 11.5 Å². The summed E-state index contributed by atoms with van der Waals surface area (Å²) in [6, 6.07) is 6.11. The van der Waals surface area contributed by atoms with Crippen LogP contribution in [0.5, 0.6) is 11.5 Å². The maximum atomic E-state index is 12.7. The van der Waals surface area contributed by atoms with E-state index < -0.39 is 0 Å². The van der Waals surface area contributed by atoms with Crippen molar-refractivity contribution in [1.82, 2.24) is 24.6 Å². The van der Waals surface area contributed by atoms with E-state index in [1.165, 1.54) is 17.5 Å². The van der Waals surface area contributed by atoms with E-state index >= 15 is 0 Å². The van der Waals surface area contributed by atoms with Crippen LogP contribution >= 0.6 is 0 Å². The Morgan fingerprint density at radius 1 is 1.09 bits per heavy atom. The number of carbonyl (C=O) groups is 1. The number of methoxy groups -OCH3 is 2. The predicted octanol–water partition coefficient (Wildman–Crippen LogP) is 2.25.